The molecular formula is C23H34N6O2S. The Balaban J connectivity index is 1.35. The van der Waals surface area contributed by atoms with Gasteiger partial charge in [0.25, 0.3) is 0 Å². The van der Waals surface area contributed by atoms with Gasteiger partial charge in [-0.2, -0.15) is 0 Å². The Kier molecular flexibility index (Phi) is 7.27. The van der Waals surface area contributed by atoms with Crippen LogP contribution in [-0.2, 0) is 11.3 Å². The minimum atomic E-state index is -0.288. The Labute approximate surface area is 194 Å². The molecular weight excluding hydrogens is 424 g/mol. The number of carbonyl (C=O) groups is 1. The number of thiazole rings is 1. The number of esters is 1. The summed E-state index contributed by atoms with van der Waals surface area (Å²) < 4.78 is 5.48. The van der Waals surface area contributed by atoms with Gasteiger partial charge in [-0.05, 0) is 39.4 Å². The molecule has 0 amide bonds. The minimum Gasteiger partial charge on any atom is -0.459 e. The summed E-state index contributed by atoms with van der Waals surface area (Å²) in [5.41, 5.74) is 1.50. The van der Waals surface area contributed by atoms with Crippen molar-refractivity contribution in [2.45, 2.75) is 33.4 Å². The van der Waals surface area contributed by atoms with Crippen molar-refractivity contribution in [3.8, 4) is 0 Å². The van der Waals surface area contributed by atoms with E-state index in [1.54, 1.807) is 6.20 Å². The molecule has 0 atom stereocenters. The average Bonchev–Trinajstić information content (AvgIpc) is 3.22. The van der Waals surface area contributed by atoms with E-state index in [1.165, 1.54) is 4.88 Å². The van der Waals surface area contributed by atoms with Crippen LogP contribution in [0.3, 0.4) is 0 Å². The summed E-state index contributed by atoms with van der Waals surface area (Å²) in [4.78, 5) is 32.7. The number of rotatable bonds is 6. The maximum Gasteiger partial charge on any atom is 0.342 e. The van der Waals surface area contributed by atoms with E-state index in [0.29, 0.717) is 5.56 Å². The molecule has 0 bridgehead atoms. The van der Waals surface area contributed by atoms with Crippen LogP contribution < -0.4 is 9.80 Å². The summed E-state index contributed by atoms with van der Waals surface area (Å²) in [5, 5.41) is 1.14. The zero-order valence-electron chi connectivity index (χ0n) is 19.6. The van der Waals surface area contributed by atoms with E-state index in [9.17, 15) is 4.79 Å². The normalized spacial score (nSPS) is 18.4. The number of ether oxygens (including phenoxy) is 1. The number of piperazine rings is 2. The van der Waals surface area contributed by atoms with Crippen LogP contribution in [-0.4, -0.2) is 91.2 Å². The van der Waals surface area contributed by atoms with Crippen LogP contribution in [0.15, 0.2) is 18.5 Å². The molecule has 4 rings (SSSR count). The second kappa shape index (κ2) is 10.1. The summed E-state index contributed by atoms with van der Waals surface area (Å²) in [5.74, 6) is 0.453. The molecule has 2 aliphatic heterocycles. The number of hydrogen-bond donors (Lipinski definition) is 0. The van der Waals surface area contributed by atoms with Crippen molar-refractivity contribution in [1.82, 2.24) is 19.8 Å². The predicted octanol–water partition coefficient (Wildman–Crippen LogP) is 2.49. The molecule has 8 nitrogen and oxygen atoms in total. The number of anilines is 2. The van der Waals surface area contributed by atoms with Gasteiger partial charge in [0.1, 0.15) is 11.4 Å². The molecule has 32 heavy (non-hydrogen) atoms. The Morgan fingerprint density at radius 1 is 1.06 bits per heavy atom. The molecule has 2 saturated heterocycles. The lowest BCUT2D eigenvalue weighted by atomic mass is 10.1. The highest BCUT2D eigenvalue weighted by Crippen LogP contribution is 2.27. The van der Waals surface area contributed by atoms with Crippen LogP contribution in [0.1, 0.15) is 34.6 Å². The van der Waals surface area contributed by atoms with Crippen molar-refractivity contribution in [1.29, 1.82) is 0 Å². The van der Waals surface area contributed by atoms with Gasteiger partial charge in [0.15, 0.2) is 5.13 Å². The molecule has 0 unspecified atom stereocenters. The highest BCUT2D eigenvalue weighted by Gasteiger charge is 2.26. The van der Waals surface area contributed by atoms with Gasteiger partial charge in [-0.15, -0.1) is 11.3 Å². The minimum absolute atomic E-state index is 0.151. The van der Waals surface area contributed by atoms with Crippen LogP contribution in [0.2, 0.25) is 0 Å². The third kappa shape index (κ3) is 5.39. The molecule has 9 heteroatoms. The maximum absolute atomic E-state index is 12.7. The molecule has 0 saturated carbocycles. The first kappa shape index (κ1) is 22.9. The second-order valence-corrected chi connectivity index (χ2v) is 10.0. The first-order valence-electron chi connectivity index (χ1n) is 11.4. The monoisotopic (exact) mass is 458 g/mol. The van der Waals surface area contributed by atoms with Crippen molar-refractivity contribution in [3.05, 3.63) is 34.5 Å². The van der Waals surface area contributed by atoms with E-state index in [1.807, 2.05) is 44.4 Å². The summed E-state index contributed by atoms with van der Waals surface area (Å²) in [6.45, 7) is 14.4. The van der Waals surface area contributed by atoms with E-state index >= 15 is 0 Å². The van der Waals surface area contributed by atoms with Gasteiger partial charge in [0.05, 0.1) is 6.10 Å². The van der Waals surface area contributed by atoms with Gasteiger partial charge in [0, 0.05) is 76.2 Å². The number of aromatic nitrogens is 2. The topological polar surface area (TPSA) is 65.0 Å². The molecule has 2 aromatic heterocycles. The third-order valence-corrected chi connectivity index (χ3v) is 7.10. The Morgan fingerprint density at radius 3 is 2.44 bits per heavy atom. The van der Waals surface area contributed by atoms with Crippen molar-refractivity contribution >= 4 is 28.3 Å². The van der Waals surface area contributed by atoms with Gasteiger partial charge in [-0.25, -0.2) is 14.8 Å². The fourth-order valence-electron chi connectivity index (χ4n) is 4.16. The van der Waals surface area contributed by atoms with Crippen LogP contribution in [0.25, 0.3) is 0 Å². The van der Waals surface area contributed by atoms with Crippen molar-refractivity contribution < 1.29 is 9.53 Å². The SMILES string of the molecule is Cc1ccnc(N2CCN(Cc3cnc(N4CCN(C)CC4)s3)CC2)c1C(=O)OC(C)C. The number of aryl methyl sites for hydroxylation is 1. The zero-order valence-corrected chi connectivity index (χ0v) is 20.4. The molecule has 174 valence electrons. The van der Waals surface area contributed by atoms with Crippen molar-refractivity contribution in [2.75, 3.05) is 69.2 Å². The fourth-order valence-corrected chi connectivity index (χ4v) is 5.17. The molecule has 0 N–H and O–H groups in total. The quantitative estimate of drug-likeness (QED) is 0.612. The largest absolute Gasteiger partial charge is 0.459 e. The zero-order chi connectivity index (χ0) is 22.7. The standard InChI is InChI=1S/C23H34N6O2S/c1-17(2)31-22(30)20-18(3)5-6-24-21(20)28-13-9-27(10-14-28)16-19-15-25-23(32-19)29-11-7-26(4)8-12-29/h5-6,15,17H,7-14,16H2,1-4H3. The molecule has 2 fully saturated rings. The molecule has 2 aliphatic rings. The Hall–Kier alpha value is -2.23. The summed E-state index contributed by atoms with van der Waals surface area (Å²) in [6, 6.07) is 1.87. The molecule has 0 spiro atoms. The summed E-state index contributed by atoms with van der Waals surface area (Å²) in [7, 11) is 2.17. The Bertz CT molecular complexity index is 917. The lowest BCUT2D eigenvalue weighted by Gasteiger charge is -2.36. The molecule has 0 radical (unpaired) electrons. The van der Waals surface area contributed by atoms with E-state index in [2.05, 4.69) is 36.6 Å². The lowest BCUT2D eigenvalue weighted by Crippen LogP contribution is -2.46. The number of pyridine rings is 1. The smallest absolute Gasteiger partial charge is 0.342 e. The molecule has 0 aromatic carbocycles. The van der Waals surface area contributed by atoms with Crippen LogP contribution in [0, 0.1) is 6.92 Å². The maximum atomic E-state index is 12.7. The second-order valence-electron chi connectivity index (χ2n) is 8.94. The van der Waals surface area contributed by atoms with E-state index < -0.39 is 0 Å². The van der Waals surface area contributed by atoms with E-state index in [0.717, 1.165) is 75.4 Å². The molecule has 0 aliphatic carbocycles. The Morgan fingerprint density at radius 2 is 1.75 bits per heavy atom. The van der Waals surface area contributed by atoms with E-state index in [-0.39, 0.29) is 12.1 Å². The summed E-state index contributed by atoms with van der Waals surface area (Å²) >= 11 is 1.81. The van der Waals surface area contributed by atoms with Crippen LogP contribution in [0.5, 0.6) is 0 Å². The fraction of sp³-hybridized carbons (Fsp3) is 0.609. The lowest BCUT2D eigenvalue weighted by molar-refractivity contribution is 0.0377. The number of hydrogen-bond acceptors (Lipinski definition) is 9. The van der Waals surface area contributed by atoms with Gasteiger partial charge < -0.3 is 19.4 Å². The molecule has 4 heterocycles. The van der Waals surface area contributed by atoms with Crippen molar-refractivity contribution in [3.63, 3.8) is 0 Å². The number of likely N-dealkylation sites (N-methyl/N-ethyl adjacent to an activating group) is 1. The number of carbonyl (C=O) groups excluding carboxylic acids is 1. The number of nitrogens with zero attached hydrogens (tertiary/aromatic N) is 6. The van der Waals surface area contributed by atoms with Crippen LogP contribution in [0.4, 0.5) is 10.9 Å². The summed E-state index contributed by atoms with van der Waals surface area (Å²) in [6.07, 6.45) is 3.66. The predicted molar refractivity (Wildman–Crippen MR) is 129 cm³/mol. The molecule has 2 aromatic rings. The highest BCUT2D eigenvalue weighted by molar-refractivity contribution is 7.15. The van der Waals surface area contributed by atoms with Gasteiger partial charge in [-0.3, -0.25) is 4.90 Å². The first-order chi connectivity index (χ1) is 15.4. The van der Waals surface area contributed by atoms with Crippen LogP contribution >= 0.6 is 11.3 Å². The van der Waals surface area contributed by atoms with Gasteiger partial charge >= 0.3 is 5.97 Å². The first-order valence-corrected chi connectivity index (χ1v) is 12.2. The van der Waals surface area contributed by atoms with E-state index in [4.69, 9.17) is 4.74 Å². The van der Waals surface area contributed by atoms with Gasteiger partial charge in [0.2, 0.25) is 0 Å². The average molecular weight is 459 g/mol. The van der Waals surface area contributed by atoms with Crippen molar-refractivity contribution in [2.24, 2.45) is 0 Å². The van der Waals surface area contributed by atoms with Gasteiger partial charge in [-0.1, -0.05) is 0 Å². The third-order valence-electron chi connectivity index (χ3n) is 6.05. The highest BCUT2D eigenvalue weighted by atomic mass is 32.1.